The number of aliphatic hydroxyl groups excluding tert-OH is 1. The third-order valence-corrected chi connectivity index (χ3v) is 13.5. The van der Waals surface area contributed by atoms with Crippen LogP contribution in [0.4, 0.5) is 0 Å². The molecule has 4 saturated heterocycles. The van der Waals surface area contributed by atoms with E-state index in [1.807, 2.05) is 128 Å². The summed E-state index contributed by atoms with van der Waals surface area (Å²) in [7, 11) is 0. The molecule has 4 aliphatic heterocycles. The monoisotopic (exact) mass is 1040 g/mol. The second-order valence-corrected chi connectivity index (χ2v) is 19.3. The van der Waals surface area contributed by atoms with Gasteiger partial charge in [-0.1, -0.05) is 139 Å². The first kappa shape index (κ1) is 55.9. The van der Waals surface area contributed by atoms with Crippen LogP contribution in [0.25, 0.3) is 10.4 Å². The van der Waals surface area contributed by atoms with Crippen molar-refractivity contribution in [2.24, 2.45) is 5.11 Å². The van der Waals surface area contributed by atoms with Gasteiger partial charge in [-0.15, -0.1) is 0 Å². The molecule has 0 bridgehead atoms. The van der Waals surface area contributed by atoms with E-state index in [-0.39, 0.29) is 45.4 Å². The van der Waals surface area contributed by atoms with Crippen molar-refractivity contribution in [3.63, 3.8) is 0 Å². The van der Waals surface area contributed by atoms with Crippen molar-refractivity contribution in [3.05, 3.63) is 154 Å². The highest BCUT2D eigenvalue weighted by molar-refractivity contribution is 5.73. The van der Waals surface area contributed by atoms with E-state index in [4.69, 9.17) is 57.6 Å². The van der Waals surface area contributed by atoms with Gasteiger partial charge in [0, 0.05) is 43.9 Å². The topological polar surface area (TPSA) is 229 Å². The molecule has 0 aromatic heterocycles. The molecule has 0 radical (unpaired) electrons. The zero-order valence-corrected chi connectivity index (χ0v) is 42.8. The standard InChI is InChI=1S/C56H71N5O14/c1-36-44(67-32-40-22-12-7-13-23-40)30-43(64)54(70-36)75-52-48(60-38(3)63)56(72-46-35-69-53(73-50(46)52)42-26-16-9-17-27-42)74-49-45(34-65-31-39-20-10-6-11-21-39)71-55(66-29-19-5-4-18-28-58-61-57)47(59-37(2)62)51(49)68-33-41-24-14-8-15-25-41/h6-17,20-27,36,43-56,64H,4-5,18-19,28-35H2,1-3H3,(H,59,62)(H,60,63)/t36-,43-,44+,45-,46-,47-,48-,49-,50+,51-,52-,53+,54+,55-,56+/m1/s1. The Hall–Kier alpha value is -5.35. The van der Waals surface area contributed by atoms with E-state index < -0.39 is 98.1 Å². The van der Waals surface area contributed by atoms with E-state index >= 15 is 0 Å². The summed E-state index contributed by atoms with van der Waals surface area (Å²) < 4.78 is 73.4. The second kappa shape index (κ2) is 28.7. The van der Waals surface area contributed by atoms with E-state index in [0.29, 0.717) is 19.6 Å². The predicted molar refractivity (Wildman–Crippen MR) is 272 cm³/mol. The quantitative estimate of drug-likeness (QED) is 0.0260. The summed E-state index contributed by atoms with van der Waals surface area (Å²) in [6.07, 6.45) is -8.95. The van der Waals surface area contributed by atoms with Crippen LogP contribution < -0.4 is 10.6 Å². The zero-order chi connectivity index (χ0) is 52.4. The fourth-order valence-electron chi connectivity index (χ4n) is 9.81. The summed E-state index contributed by atoms with van der Waals surface area (Å²) >= 11 is 0. The van der Waals surface area contributed by atoms with Gasteiger partial charge in [-0.3, -0.25) is 9.59 Å². The van der Waals surface area contributed by atoms with Crippen LogP contribution >= 0.6 is 0 Å². The molecule has 19 heteroatoms. The van der Waals surface area contributed by atoms with Gasteiger partial charge in [0.15, 0.2) is 25.2 Å². The Balaban J connectivity index is 1.11. The van der Waals surface area contributed by atoms with Gasteiger partial charge in [0.2, 0.25) is 11.8 Å². The molecule has 19 nitrogen and oxygen atoms in total. The molecule has 4 heterocycles. The van der Waals surface area contributed by atoms with Gasteiger partial charge in [0.05, 0.1) is 45.2 Å². The number of aliphatic hydroxyl groups is 1. The minimum absolute atomic E-state index is 0.0151. The minimum atomic E-state index is -1.31. The van der Waals surface area contributed by atoms with Crippen LogP contribution in [0.5, 0.6) is 0 Å². The van der Waals surface area contributed by atoms with Crippen LogP contribution in [-0.2, 0) is 81.5 Å². The first-order valence-electron chi connectivity index (χ1n) is 26.0. The number of carbonyl (C=O) groups is 2. The van der Waals surface area contributed by atoms with Crippen LogP contribution in [0.15, 0.2) is 126 Å². The molecule has 4 aliphatic rings. The Kier molecular flexibility index (Phi) is 21.4. The lowest BCUT2D eigenvalue weighted by molar-refractivity contribution is -0.386. The van der Waals surface area contributed by atoms with Crippen LogP contribution in [0.3, 0.4) is 0 Å². The fraction of sp³-hybridized carbons (Fsp3) is 0.536. The predicted octanol–water partition coefficient (Wildman–Crippen LogP) is 7.10. The molecule has 404 valence electrons. The van der Waals surface area contributed by atoms with Gasteiger partial charge in [-0.25, -0.2) is 0 Å². The number of rotatable bonds is 25. The third kappa shape index (κ3) is 16.1. The number of benzene rings is 4. The summed E-state index contributed by atoms with van der Waals surface area (Å²) in [6.45, 7) is 6.06. The summed E-state index contributed by atoms with van der Waals surface area (Å²) in [6, 6.07) is 36.5. The van der Waals surface area contributed by atoms with Crippen LogP contribution in [0.2, 0.25) is 0 Å². The molecule has 75 heavy (non-hydrogen) atoms. The van der Waals surface area contributed by atoms with Gasteiger partial charge in [0.25, 0.3) is 0 Å². The Morgan fingerprint density at radius 2 is 1.25 bits per heavy atom. The maximum absolute atomic E-state index is 13.5. The van der Waals surface area contributed by atoms with Gasteiger partial charge in [-0.2, -0.15) is 0 Å². The van der Waals surface area contributed by atoms with Crippen molar-refractivity contribution in [3.8, 4) is 0 Å². The Bertz CT molecular complexity index is 2380. The SMILES string of the molecule is CC(=O)N[C@H]1[C@H](O[C@H]2[C@H](OCc3ccccc3)[C@@H](NC(C)=O)[C@H](OCCCCCCN=[N+]=[N-])O[C@@H]2COCc2ccccc2)O[C@@H]2CO[C@H](c3ccccc3)O[C@@H]2[C@@H]1O[C@@H]1O[C@H](C)[C@@H](OCc2ccccc2)C[C@H]1O. The van der Waals surface area contributed by atoms with E-state index in [1.165, 1.54) is 13.8 Å². The number of hydrogen-bond donors (Lipinski definition) is 3. The minimum Gasteiger partial charge on any atom is -0.388 e. The number of unbranched alkanes of at least 4 members (excludes halogenated alkanes) is 3. The summed E-state index contributed by atoms with van der Waals surface area (Å²) in [5.41, 5.74) is 12.2. The summed E-state index contributed by atoms with van der Waals surface area (Å²) in [5.74, 6) is -0.787. The summed E-state index contributed by atoms with van der Waals surface area (Å²) in [4.78, 5) is 29.5. The zero-order valence-electron chi connectivity index (χ0n) is 42.8. The highest BCUT2D eigenvalue weighted by atomic mass is 16.8. The normalized spacial score (nSPS) is 30.6. The number of amides is 2. The lowest BCUT2D eigenvalue weighted by Gasteiger charge is -2.52. The molecule has 4 aromatic carbocycles. The Labute approximate surface area is 438 Å². The van der Waals surface area contributed by atoms with E-state index in [2.05, 4.69) is 20.7 Å². The molecule has 0 aliphatic carbocycles. The number of carbonyl (C=O) groups excluding carboxylic acids is 2. The molecule has 4 fully saturated rings. The highest BCUT2D eigenvalue weighted by Crippen LogP contribution is 2.40. The second-order valence-electron chi connectivity index (χ2n) is 19.3. The third-order valence-electron chi connectivity index (χ3n) is 13.5. The summed E-state index contributed by atoms with van der Waals surface area (Å²) in [5, 5.41) is 21.5. The lowest BCUT2D eigenvalue weighted by atomic mass is 9.93. The Morgan fingerprint density at radius 1 is 0.667 bits per heavy atom. The smallest absolute Gasteiger partial charge is 0.217 e. The largest absolute Gasteiger partial charge is 0.388 e. The number of nitrogens with zero attached hydrogens (tertiary/aromatic N) is 3. The van der Waals surface area contributed by atoms with Crippen molar-refractivity contribution in [2.75, 3.05) is 26.4 Å². The molecule has 0 spiro atoms. The molecule has 3 N–H and O–H groups in total. The molecule has 8 rings (SSSR count). The maximum atomic E-state index is 13.5. The first-order valence-corrected chi connectivity index (χ1v) is 26.0. The van der Waals surface area contributed by atoms with Crippen molar-refractivity contribution in [1.82, 2.24) is 10.6 Å². The average Bonchev–Trinajstić information content (AvgIpc) is 3.42. The highest BCUT2D eigenvalue weighted by Gasteiger charge is 2.57. The van der Waals surface area contributed by atoms with Crippen LogP contribution in [0.1, 0.15) is 81.4 Å². The molecule has 15 atom stereocenters. The lowest BCUT2D eigenvalue weighted by Crippen LogP contribution is -2.71. The van der Waals surface area contributed by atoms with E-state index in [1.54, 1.807) is 0 Å². The van der Waals surface area contributed by atoms with Crippen molar-refractivity contribution in [1.29, 1.82) is 0 Å². The van der Waals surface area contributed by atoms with Crippen molar-refractivity contribution < 1.29 is 66.8 Å². The van der Waals surface area contributed by atoms with Crippen LogP contribution in [-0.4, -0.2) is 129 Å². The van der Waals surface area contributed by atoms with Gasteiger partial charge in [-0.05, 0) is 42.0 Å². The average molecular weight is 1040 g/mol. The Morgan fingerprint density at radius 3 is 1.89 bits per heavy atom. The maximum Gasteiger partial charge on any atom is 0.217 e. The first-order chi connectivity index (χ1) is 36.6. The van der Waals surface area contributed by atoms with E-state index in [9.17, 15) is 14.7 Å². The molecular formula is C56H71N5O14. The number of nitrogens with one attached hydrogen (secondary N) is 2. The van der Waals surface area contributed by atoms with Crippen LogP contribution in [0, 0.1) is 0 Å². The molecular weight excluding hydrogens is 967 g/mol. The number of fused-ring (bicyclic) bond motifs is 1. The number of hydrogen-bond acceptors (Lipinski definition) is 15. The molecule has 0 unspecified atom stereocenters. The van der Waals surface area contributed by atoms with Crippen molar-refractivity contribution >= 4 is 11.8 Å². The fourth-order valence-corrected chi connectivity index (χ4v) is 9.81. The van der Waals surface area contributed by atoms with Crippen molar-refractivity contribution in [2.45, 2.75) is 165 Å². The molecule has 4 aromatic rings. The van der Waals surface area contributed by atoms with Gasteiger partial charge in [0.1, 0.15) is 54.8 Å². The van der Waals surface area contributed by atoms with E-state index in [0.717, 1.165) is 41.5 Å². The van der Waals surface area contributed by atoms with Gasteiger partial charge < -0.3 is 67.8 Å². The number of azide groups is 1. The number of ether oxygens (including phenoxy) is 11. The molecule has 0 saturated carbocycles. The molecule has 2 amide bonds. The van der Waals surface area contributed by atoms with Gasteiger partial charge >= 0.3 is 0 Å².